The Morgan fingerprint density at radius 1 is 0.857 bits per heavy atom. The Kier molecular flexibility index (Phi) is 4.83. The molecule has 186 valence electrons. The van der Waals surface area contributed by atoms with E-state index in [1.807, 2.05) is 11.3 Å². The highest BCUT2D eigenvalue weighted by molar-refractivity contribution is 7.19. The van der Waals surface area contributed by atoms with Crippen molar-refractivity contribution in [3.05, 3.63) is 16.3 Å². The second-order valence-electron chi connectivity index (χ2n) is 12.9. The van der Waals surface area contributed by atoms with Crippen LogP contribution in [-0.4, -0.2) is 47.0 Å². The van der Waals surface area contributed by atoms with Crippen molar-refractivity contribution < 1.29 is 4.79 Å². The van der Waals surface area contributed by atoms with Gasteiger partial charge in [-0.05, 0) is 100 Å². The number of thiophene rings is 1. The molecule has 6 aliphatic carbocycles. The number of carbonyl (C=O) groups excluding carboxylic acids is 1. The number of piperazine rings is 1. The number of carbonyl (C=O) groups is 1. The number of fused-ring (bicyclic) bond motifs is 3. The van der Waals surface area contributed by atoms with Crippen LogP contribution in [-0.2, 0) is 17.6 Å². The first-order valence-electron chi connectivity index (χ1n) is 14.5. The van der Waals surface area contributed by atoms with E-state index >= 15 is 0 Å². The van der Waals surface area contributed by atoms with E-state index in [2.05, 4.69) is 9.80 Å². The first kappa shape index (κ1) is 21.4. The van der Waals surface area contributed by atoms with Crippen LogP contribution in [0.15, 0.2) is 0 Å². The summed E-state index contributed by atoms with van der Waals surface area (Å²) in [5.74, 6) is 5.84. The van der Waals surface area contributed by atoms with E-state index in [4.69, 9.17) is 9.97 Å². The molecule has 0 atom stereocenters. The van der Waals surface area contributed by atoms with Crippen LogP contribution in [0.1, 0.15) is 92.8 Å². The quantitative estimate of drug-likeness (QED) is 0.518. The molecule has 0 radical (unpaired) electrons. The molecule has 5 nitrogen and oxygen atoms in total. The third-order valence-corrected chi connectivity index (χ3v) is 11.5. The first-order valence-corrected chi connectivity index (χ1v) is 15.3. The van der Waals surface area contributed by atoms with Gasteiger partial charge in [-0.25, -0.2) is 9.97 Å². The molecule has 2 aromatic heterocycles. The molecule has 1 aliphatic heterocycles. The van der Waals surface area contributed by atoms with E-state index in [-0.39, 0.29) is 5.41 Å². The van der Waals surface area contributed by atoms with Crippen LogP contribution in [0.25, 0.3) is 10.2 Å². The average Bonchev–Trinajstić information content (AvgIpc) is 3.68. The molecule has 5 saturated carbocycles. The number of aromatic nitrogens is 2. The molecule has 2 aromatic rings. The minimum Gasteiger partial charge on any atom is -0.352 e. The highest BCUT2D eigenvalue weighted by Crippen LogP contribution is 2.60. The molecule has 1 saturated heterocycles. The third kappa shape index (κ3) is 3.48. The van der Waals surface area contributed by atoms with E-state index in [0.717, 1.165) is 49.8 Å². The Hall–Kier alpha value is -1.69. The van der Waals surface area contributed by atoms with Crippen molar-refractivity contribution >= 4 is 33.3 Å². The Balaban J connectivity index is 1.07. The molecule has 1 amide bonds. The van der Waals surface area contributed by atoms with Gasteiger partial charge in [0.05, 0.1) is 10.8 Å². The summed E-state index contributed by atoms with van der Waals surface area (Å²) in [7, 11) is 0. The fourth-order valence-electron chi connectivity index (χ4n) is 8.91. The first-order chi connectivity index (χ1) is 17.1. The summed E-state index contributed by atoms with van der Waals surface area (Å²) in [5, 5.41) is 1.36. The third-order valence-electron chi connectivity index (χ3n) is 10.4. The van der Waals surface area contributed by atoms with Gasteiger partial charge in [0.1, 0.15) is 16.5 Å². The lowest BCUT2D eigenvalue weighted by atomic mass is 9.49. The average molecular weight is 491 g/mol. The summed E-state index contributed by atoms with van der Waals surface area (Å²) in [6, 6.07) is 0. The molecule has 6 heteroatoms. The summed E-state index contributed by atoms with van der Waals surface area (Å²) in [5.41, 5.74) is 1.54. The molecule has 0 spiro atoms. The molecule has 4 bridgehead atoms. The highest BCUT2D eigenvalue weighted by Gasteiger charge is 2.55. The van der Waals surface area contributed by atoms with Crippen molar-refractivity contribution in [2.45, 2.75) is 89.4 Å². The van der Waals surface area contributed by atoms with Gasteiger partial charge in [-0.2, -0.15) is 0 Å². The molecule has 3 heterocycles. The summed E-state index contributed by atoms with van der Waals surface area (Å²) < 4.78 is 0. The van der Waals surface area contributed by atoms with Gasteiger partial charge in [0.25, 0.3) is 0 Å². The van der Waals surface area contributed by atoms with Crippen molar-refractivity contribution in [3.8, 4) is 0 Å². The summed E-state index contributed by atoms with van der Waals surface area (Å²) in [6.45, 7) is 3.55. The van der Waals surface area contributed by atoms with Crippen molar-refractivity contribution in [2.75, 3.05) is 31.1 Å². The maximum Gasteiger partial charge on any atom is 0.228 e. The summed E-state index contributed by atoms with van der Waals surface area (Å²) in [6.07, 6.45) is 16.5. The lowest BCUT2D eigenvalue weighted by Gasteiger charge is -2.57. The molecule has 7 aliphatic rings. The molecule has 0 N–H and O–H groups in total. The number of rotatable bonds is 3. The Labute approximate surface area is 212 Å². The van der Waals surface area contributed by atoms with Crippen LogP contribution < -0.4 is 4.90 Å². The molecule has 35 heavy (non-hydrogen) atoms. The van der Waals surface area contributed by atoms with Crippen molar-refractivity contribution in [1.29, 1.82) is 0 Å². The summed E-state index contributed by atoms with van der Waals surface area (Å²) >= 11 is 1.95. The minimum absolute atomic E-state index is 0.0110. The topological polar surface area (TPSA) is 49.3 Å². The minimum atomic E-state index is -0.0110. The van der Waals surface area contributed by atoms with Gasteiger partial charge in [-0.3, -0.25) is 4.79 Å². The second-order valence-corrected chi connectivity index (χ2v) is 14.0. The fraction of sp³-hybridized carbons (Fsp3) is 0.759. The monoisotopic (exact) mass is 490 g/mol. The van der Waals surface area contributed by atoms with Gasteiger partial charge >= 0.3 is 0 Å². The van der Waals surface area contributed by atoms with Crippen LogP contribution in [0.4, 0.5) is 5.82 Å². The van der Waals surface area contributed by atoms with Gasteiger partial charge < -0.3 is 9.80 Å². The molecule has 0 aromatic carbocycles. The number of anilines is 1. The molecule has 0 unspecified atom stereocenters. The zero-order valence-corrected chi connectivity index (χ0v) is 21.8. The highest BCUT2D eigenvalue weighted by atomic mass is 32.1. The molecule has 9 rings (SSSR count). The smallest absolute Gasteiger partial charge is 0.228 e. The number of nitrogens with zero attached hydrogens (tertiary/aromatic N) is 4. The van der Waals surface area contributed by atoms with Gasteiger partial charge in [0.15, 0.2) is 0 Å². The predicted molar refractivity (Wildman–Crippen MR) is 140 cm³/mol. The number of amides is 1. The van der Waals surface area contributed by atoms with Crippen LogP contribution in [0.3, 0.4) is 0 Å². The standard InChI is InChI=1S/C29H38N4OS/c34-28(29-15-18-12-19(16-29)14-20(13-18)17-29)33-10-8-32(9-11-33)26-24-22-4-2-1-3-5-23(22)35-27(24)31-25(30-26)21-6-7-21/h18-21H,1-17H2. The van der Waals surface area contributed by atoms with E-state index in [0.29, 0.717) is 11.8 Å². The van der Waals surface area contributed by atoms with Crippen molar-refractivity contribution in [3.63, 3.8) is 0 Å². The number of hydrogen-bond acceptors (Lipinski definition) is 5. The number of hydrogen-bond donors (Lipinski definition) is 0. The van der Waals surface area contributed by atoms with E-state index in [9.17, 15) is 4.79 Å². The lowest BCUT2D eigenvalue weighted by Crippen LogP contribution is -2.58. The molecular formula is C29H38N4OS. The van der Waals surface area contributed by atoms with Crippen molar-refractivity contribution in [2.24, 2.45) is 23.2 Å². The van der Waals surface area contributed by atoms with Gasteiger partial charge in [0, 0.05) is 37.0 Å². The van der Waals surface area contributed by atoms with Crippen LogP contribution in [0.2, 0.25) is 0 Å². The van der Waals surface area contributed by atoms with Crippen LogP contribution >= 0.6 is 11.3 Å². The summed E-state index contributed by atoms with van der Waals surface area (Å²) in [4.78, 5) is 31.8. The van der Waals surface area contributed by atoms with E-state index in [1.165, 1.54) is 99.5 Å². The zero-order chi connectivity index (χ0) is 23.1. The lowest BCUT2D eigenvalue weighted by molar-refractivity contribution is -0.158. The van der Waals surface area contributed by atoms with Crippen LogP contribution in [0, 0.1) is 23.2 Å². The van der Waals surface area contributed by atoms with Gasteiger partial charge in [-0.1, -0.05) is 6.42 Å². The SMILES string of the molecule is O=C(N1CCN(c2nc(C3CC3)nc3sc4c(c23)CCCCC4)CC1)C12CC3CC(CC(C3)C1)C2. The number of aryl methyl sites for hydroxylation is 2. The largest absolute Gasteiger partial charge is 0.352 e. The van der Waals surface area contributed by atoms with Gasteiger partial charge in [-0.15, -0.1) is 11.3 Å². The van der Waals surface area contributed by atoms with E-state index in [1.54, 1.807) is 10.4 Å². The molecule has 6 fully saturated rings. The maximum absolute atomic E-state index is 13.9. The Morgan fingerprint density at radius 3 is 2.23 bits per heavy atom. The zero-order valence-electron chi connectivity index (χ0n) is 20.9. The molecular weight excluding hydrogens is 452 g/mol. The predicted octanol–water partition coefficient (Wildman–Crippen LogP) is 5.70. The Bertz CT molecular complexity index is 1140. The maximum atomic E-state index is 13.9. The second kappa shape index (κ2) is 7.90. The fourth-order valence-corrected chi connectivity index (χ4v) is 10.2. The van der Waals surface area contributed by atoms with Crippen LogP contribution in [0.5, 0.6) is 0 Å². The van der Waals surface area contributed by atoms with Crippen molar-refractivity contribution in [1.82, 2.24) is 14.9 Å². The van der Waals surface area contributed by atoms with E-state index < -0.39 is 0 Å². The Morgan fingerprint density at radius 2 is 1.54 bits per heavy atom. The van der Waals surface area contributed by atoms with Gasteiger partial charge in [0.2, 0.25) is 5.91 Å². The normalized spacial score (nSPS) is 34.3.